The van der Waals surface area contributed by atoms with Gasteiger partial charge in [0, 0.05) is 54.4 Å². The third-order valence-electron chi connectivity index (χ3n) is 8.22. The van der Waals surface area contributed by atoms with Crippen molar-refractivity contribution in [3.8, 4) is 0 Å². The van der Waals surface area contributed by atoms with Gasteiger partial charge in [0.2, 0.25) is 5.91 Å². The number of aryl methyl sites for hydroxylation is 2. The molecule has 2 saturated carbocycles. The van der Waals surface area contributed by atoms with Gasteiger partial charge in [-0.2, -0.15) is 0 Å². The van der Waals surface area contributed by atoms with Crippen molar-refractivity contribution in [2.45, 2.75) is 70.4 Å². The van der Waals surface area contributed by atoms with Crippen LogP contribution in [0, 0.1) is 24.7 Å². The van der Waals surface area contributed by atoms with E-state index in [2.05, 4.69) is 28.1 Å². The zero-order chi connectivity index (χ0) is 22.4. The Bertz CT molecular complexity index is 1080. The Balaban J connectivity index is 1.33. The van der Waals surface area contributed by atoms with Gasteiger partial charge in [-0.05, 0) is 75.3 Å². The molecule has 0 spiro atoms. The van der Waals surface area contributed by atoms with Crippen LogP contribution in [0.5, 0.6) is 0 Å². The van der Waals surface area contributed by atoms with Crippen molar-refractivity contribution in [3.63, 3.8) is 0 Å². The highest BCUT2D eigenvalue weighted by Gasteiger charge is 2.37. The van der Waals surface area contributed by atoms with Crippen molar-refractivity contribution < 1.29 is 4.79 Å². The molecule has 32 heavy (non-hydrogen) atoms. The first-order valence-corrected chi connectivity index (χ1v) is 12.2. The van der Waals surface area contributed by atoms with Crippen LogP contribution in [-0.2, 0) is 11.8 Å². The first-order valence-electron chi connectivity index (χ1n) is 12.2. The fraction of sp³-hybridized carbons (Fsp3) is 0.640. The van der Waals surface area contributed by atoms with Crippen LogP contribution in [0.1, 0.15) is 62.6 Å². The summed E-state index contributed by atoms with van der Waals surface area (Å²) >= 11 is 0. The molecule has 2 aliphatic carbocycles. The van der Waals surface area contributed by atoms with E-state index in [1.165, 1.54) is 0 Å². The highest BCUT2D eigenvalue weighted by Crippen LogP contribution is 2.40. The van der Waals surface area contributed by atoms with Gasteiger partial charge in [-0.15, -0.1) is 0 Å². The molecule has 172 valence electrons. The number of amides is 1. The van der Waals surface area contributed by atoms with Crippen LogP contribution >= 0.6 is 0 Å². The molecule has 1 amide bonds. The largest absolute Gasteiger partial charge is 0.353 e. The molecule has 6 unspecified atom stereocenters. The van der Waals surface area contributed by atoms with Crippen molar-refractivity contribution in [1.29, 1.82) is 0 Å². The Morgan fingerprint density at radius 3 is 2.88 bits per heavy atom. The monoisotopic (exact) mass is 437 g/mol. The van der Waals surface area contributed by atoms with E-state index in [1.54, 1.807) is 4.57 Å². The van der Waals surface area contributed by atoms with Crippen LogP contribution in [0.3, 0.4) is 0 Å². The van der Waals surface area contributed by atoms with Gasteiger partial charge in [0.05, 0.1) is 5.52 Å². The molecule has 1 aliphatic heterocycles. The number of rotatable bonds is 3. The molecule has 2 aromatic rings. The highest BCUT2D eigenvalue weighted by atomic mass is 16.2. The first kappa shape index (κ1) is 21.6. The fourth-order valence-corrected chi connectivity index (χ4v) is 6.20. The van der Waals surface area contributed by atoms with Gasteiger partial charge in [-0.1, -0.05) is 6.92 Å². The van der Waals surface area contributed by atoms with Crippen LogP contribution in [0.25, 0.3) is 10.9 Å². The van der Waals surface area contributed by atoms with Gasteiger partial charge in [-0.25, -0.2) is 0 Å². The van der Waals surface area contributed by atoms with Gasteiger partial charge < -0.3 is 9.88 Å². The lowest BCUT2D eigenvalue weighted by molar-refractivity contribution is -0.127. The van der Waals surface area contributed by atoms with Crippen molar-refractivity contribution in [2.24, 2.45) is 24.8 Å². The quantitative estimate of drug-likeness (QED) is 0.687. The topological polar surface area (TPSA) is 88.1 Å². The molecule has 7 nitrogen and oxygen atoms in total. The second-order valence-electron chi connectivity index (χ2n) is 10.4. The fourth-order valence-electron chi connectivity index (χ4n) is 6.20. The number of pyridine rings is 2. The summed E-state index contributed by atoms with van der Waals surface area (Å²) in [7, 11) is 1.84. The normalized spacial score (nSPS) is 32.6. The van der Waals surface area contributed by atoms with E-state index in [9.17, 15) is 9.59 Å². The molecule has 6 atom stereocenters. The summed E-state index contributed by atoms with van der Waals surface area (Å²) in [6.07, 6.45) is 7.66. The van der Waals surface area contributed by atoms with Gasteiger partial charge in [0.25, 0.3) is 5.56 Å². The van der Waals surface area contributed by atoms with Crippen molar-refractivity contribution in [3.05, 3.63) is 39.9 Å². The van der Waals surface area contributed by atoms with Gasteiger partial charge >= 0.3 is 0 Å². The number of fused-ring (bicyclic) bond motifs is 2. The minimum atomic E-state index is -0.0229. The zero-order valence-electron chi connectivity index (χ0n) is 19.4. The minimum absolute atomic E-state index is 0.0229. The molecule has 3 N–H and O–H groups in total. The van der Waals surface area contributed by atoms with E-state index in [-0.39, 0.29) is 29.3 Å². The number of hydrogen-bond acceptors (Lipinski definition) is 5. The Morgan fingerprint density at radius 1 is 1.19 bits per heavy atom. The number of hydrazine groups is 1. The molecular weight excluding hydrogens is 402 g/mol. The number of nitrogens with zero attached hydrogens (tertiary/aromatic N) is 2. The molecule has 0 bridgehead atoms. The van der Waals surface area contributed by atoms with Crippen molar-refractivity contribution in [1.82, 2.24) is 25.7 Å². The van der Waals surface area contributed by atoms with Crippen molar-refractivity contribution in [2.75, 3.05) is 6.54 Å². The number of nitrogens with one attached hydrogen (secondary N) is 3. The molecule has 0 aromatic carbocycles. The summed E-state index contributed by atoms with van der Waals surface area (Å²) in [5, 5.41) is 4.35. The summed E-state index contributed by atoms with van der Waals surface area (Å²) in [5.74, 6) is 1.24. The van der Waals surface area contributed by atoms with Crippen LogP contribution in [0.2, 0.25) is 0 Å². The number of carbonyl (C=O) groups excluding carboxylic acids is 1. The number of carbonyl (C=O) groups is 1. The first-order chi connectivity index (χ1) is 15.4. The Hall–Kier alpha value is -2.25. The number of aromatic nitrogens is 2. The van der Waals surface area contributed by atoms with Crippen molar-refractivity contribution >= 4 is 16.8 Å². The molecule has 7 heteroatoms. The van der Waals surface area contributed by atoms with Crippen LogP contribution in [-0.4, -0.2) is 34.1 Å². The summed E-state index contributed by atoms with van der Waals surface area (Å²) < 4.78 is 1.75. The highest BCUT2D eigenvalue weighted by molar-refractivity contribution is 5.80. The van der Waals surface area contributed by atoms with E-state index < -0.39 is 0 Å². The molecule has 3 fully saturated rings. The Kier molecular flexibility index (Phi) is 5.80. The maximum atomic E-state index is 13.3. The lowest BCUT2D eigenvalue weighted by Crippen LogP contribution is -2.46. The Morgan fingerprint density at radius 2 is 2.03 bits per heavy atom. The van der Waals surface area contributed by atoms with E-state index in [0.717, 1.165) is 67.2 Å². The van der Waals surface area contributed by atoms with Crippen LogP contribution in [0.4, 0.5) is 0 Å². The predicted molar refractivity (Wildman–Crippen MR) is 125 cm³/mol. The molecular formula is C25H35N5O2. The lowest BCUT2D eigenvalue weighted by Gasteiger charge is -2.36. The summed E-state index contributed by atoms with van der Waals surface area (Å²) in [6.45, 7) is 5.15. The lowest BCUT2D eigenvalue weighted by atomic mass is 9.71. The predicted octanol–water partition coefficient (Wildman–Crippen LogP) is 2.52. The third-order valence-corrected chi connectivity index (χ3v) is 8.22. The van der Waals surface area contributed by atoms with Gasteiger partial charge in [-0.3, -0.25) is 25.4 Å². The summed E-state index contributed by atoms with van der Waals surface area (Å²) in [5.41, 5.74) is 9.31. The van der Waals surface area contributed by atoms with E-state index in [1.807, 2.05) is 32.3 Å². The third kappa shape index (κ3) is 3.97. The van der Waals surface area contributed by atoms with Gasteiger partial charge in [0.15, 0.2) is 0 Å². The average molecular weight is 438 g/mol. The molecule has 5 rings (SSSR count). The SMILES string of the molecule is Cc1cc2c(cn1)cc(C1CC(C(=O)NC3CCC4NNCC4C3)CCC1C)c(=O)n2C. The minimum Gasteiger partial charge on any atom is -0.353 e. The summed E-state index contributed by atoms with van der Waals surface area (Å²) in [6, 6.07) is 4.80. The van der Waals surface area contributed by atoms with Crippen LogP contribution < -0.4 is 21.7 Å². The maximum Gasteiger partial charge on any atom is 0.254 e. The average Bonchev–Trinajstić information content (AvgIpc) is 3.25. The van der Waals surface area contributed by atoms with Gasteiger partial charge in [0.1, 0.15) is 0 Å². The molecule has 3 aliphatic rings. The van der Waals surface area contributed by atoms with Crippen LogP contribution in [0.15, 0.2) is 23.1 Å². The molecule has 0 radical (unpaired) electrons. The van der Waals surface area contributed by atoms with E-state index >= 15 is 0 Å². The van der Waals surface area contributed by atoms with E-state index in [4.69, 9.17) is 0 Å². The summed E-state index contributed by atoms with van der Waals surface area (Å²) in [4.78, 5) is 30.9. The second-order valence-corrected chi connectivity index (χ2v) is 10.4. The Labute approximate surface area is 189 Å². The molecule has 2 aromatic heterocycles. The van der Waals surface area contributed by atoms with E-state index in [0.29, 0.717) is 17.9 Å². The second kappa shape index (κ2) is 8.60. The maximum absolute atomic E-state index is 13.3. The standard InChI is InChI=1S/C25H35N5O2/c1-14-4-5-16(24(31)28-19-6-7-22-17(9-19)13-27-29-22)10-20(14)21-11-18-12-26-15(2)8-23(18)30(3)25(21)32/h8,11-12,14,16-17,19-20,22,27,29H,4-7,9-10,13H2,1-3H3,(H,28,31). The zero-order valence-corrected chi connectivity index (χ0v) is 19.4. The molecule has 3 heterocycles. The smallest absolute Gasteiger partial charge is 0.254 e. The molecule has 1 saturated heterocycles. The number of hydrogen-bond donors (Lipinski definition) is 3.